The Morgan fingerprint density at radius 3 is 2.44 bits per heavy atom. The van der Waals surface area contributed by atoms with Gasteiger partial charge in [-0.1, -0.05) is 24.3 Å². The highest BCUT2D eigenvalue weighted by molar-refractivity contribution is 6.38. The van der Waals surface area contributed by atoms with Crippen LogP contribution in [-0.4, -0.2) is 29.9 Å². The molecule has 1 aliphatic heterocycles. The van der Waals surface area contributed by atoms with Gasteiger partial charge in [-0.3, -0.25) is 14.6 Å². The van der Waals surface area contributed by atoms with Crippen molar-refractivity contribution in [1.29, 1.82) is 0 Å². The fourth-order valence-corrected chi connectivity index (χ4v) is 3.45. The zero-order valence-electron chi connectivity index (χ0n) is 15.1. The summed E-state index contributed by atoms with van der Waals surface area (Å²) in [5, 5.41) is 0.640. The predicted octanol–water partition coefficient (Wildman–Crippen LogP) is 3.44. The van der Waals surface area contributed by atoms with Gasteiger partial charge in [0, 0.05) is 5.39 Å². The van der Waals surface area contributed by atoms with Crippen molar-refractivity contribution in [3.8, 4) is 0 Å². The SMILES string of the molecule is COC(=O)c1ccc(C)c(N2C(=O)c3c(C)nc4ccccc4c3C2=O)c1. The average Bonchev–Trinajstić information content (AvgIpc) is 2.93. The van der Waals surface area contributed by atoms with E-state index >= 15 is 0 Å². The highest BCUT2D eigenvalue weighted by Crippen LogP contribution is 2.35. The van der Waals surface area contributed by atoms with Gasteiger partial charge in [-0.2, -0.15) is 0 Å². The number of rotatable bonds is 2. The molecule has 0 N–H and O–H groups in total. The minimum Gasteiger partial charge on any atom is -0.465 e. The zero-order valence-corrected chi connectivity index (χ0v) is 15.1. The van der Waals surface area contributed by atoms with Crippen LogP contribution in [0.4, 0.5) is 5.69 Å². The van der Waals surface area contributed by atoms with E-state index < -0.39 is 17.8 Å². The number of amides is 2. The number of benzene rings is 2. The topological polar surface area (TPSA) is 76.6 Å². The Hall–Kier alpha value is -3.54. The predicted molar refractivity (Wildman–Crippen MR) is 100 cm³/mol. The minimum atomic E-state index is -0.531. The number of nitrogens with zero attached hydrogens (tertiary/aromatic N) is 2. The van der Waals surface area contributed by atoms with Crippen LogP contribution in [0.25, 0.3) is 10.9 Å². The number of aromatic nitrogens is 1. The van der Waals surface area contributed by atoms with Crippen molar-refractivity contribution in [3.05, 3.63) is 70.4 Å². The molecule has 0 bridgehead atoms. The molecule has 2 amide bonds. The zero-order chi connectivity index (χ0) is 19.3. The van der Waals surface area contributed by atoms with Gasteiger partial charge >= 0.3 is 5.97 Å². The second-order valence-electron chi connectivity index (χ2n) is 6.40. The van der Waals surface area contributed by atoms with E-state index in [1.165, 1.54) is 13.2 Å². The van der Waals surface area contributed by atoms with E-state index in [1.54, 1.807) is 32.0 Å². The van der Waals surface area contributed by atoms with E-state index in [-0.39, 0.29) is 5.56 Å². The summed E-state index contributed by atoms with van der Waals surface area (Å²) in [7, 11) is 1.28. The molecule has 27 heavy (non-hydrogen) atoms. The van der Waals surface area contributed by atoms with Crippen LogP contribution in [0, 0.1) is 13.8 Å². The lowest BCUT2D eigenvalue weighted by molar-refractivity contribution is 0.0600. The van der Waals surface area contributed by atoms with Crippen LogP contribution < -0.4 is 4.90 Å². The number of hydrogen-bond acceptors (Lipinski definition) is 5. The molecule has 0 saturated carbocycles. The van der Waals surface area contributed by atoms with Crippen LogP contribution in [-0.2, 0) is 4.74 Å². The molecule has 0 radical (unpaired) electrons. The number of carbonyl (C=O) groups is 3. The highest BCUT2D eigenvalue weighted by atomic mass is 16.5. The lowest BCUT2D eigenvalue weighted by atomic mass is 10.0. The van der Waals surface area contributed by atoms with Crippen molar-refractivity contribution in [3.63, 3.8) is 0 Å². The molecule has 0 atom stereocenters. The molecule has 0 saturated heterocycles. The summed E-state index contributed by atoms with van der Waals surface area (Å²) >= 11 is 0. The lowest BCUT2D eigenvalue weighted by Gasteiger charge is -2.17. The third-order valence-electron chi connectivity index (χ3n) is 4.78. The van der Waals surface area contributed by atoms with Crippen LogP contribution in [0.5, 0.6) is 0 Å². The number of esters is 1. The van der Waals surface area contributed by atoms with Gasteiger partial charge in [0.2, 0.25) is 0 Å². The molecule has 6 heteroatoms. The van der Waals surface area contributed by atoms with E-state index in [4.69, 9.17) is 4.74 Å². The molecule has 0 spiro atoms. The van der Waals surface area contributed by atoms with Crippen LogP contribution in [0.2, 0.25) is 0 Å². The van der Waals surface area contributed by atoms with E-state index in [1.807, 2.05) is 18.2 Å². The number of pyridine rings is 1. The van der Waals surface area contributed by atoms with Gasteiger partial charge in [0.25, 0.3) is 11.8 Å². The van der Waals surface area contributed by atoms with Crippen molar-refractivity contribution >= 4 is 34.4 Å². The number of para-hydroxylation sites is 1. The Labute approximate surface area is 155 Å². The fraction of sp³-hybridized carbons (Fsp3) is 0.143. The fourth-order valence-electron chi connectivity index (χ4n) is 3.45. The molecule has 1 aromatic heterocycles. The lowest BCUT2D eigenvalue weighted by Crippen LogP contribution is -2.30. The number of fused-ring (bicyclic) bond motifs is 3. The van der Waals surface area contributed by atoms with Crippen molar-refractivity contribution in [2.75, 3.05) is 12.0 Å². The van der Waals surface area contributed by atoms with Crippen molar-refractivity contribution in [2.45, 2.75) is 13.8 Å². The third-order valence-corrected chi connectivity index (χ3v) is 4.78. The van der Waals surface area contributed by atoms with E-state index in [0.29, 0.717) is 39.0 Å². The number of anilines is 1. The molecule has 1 aliphatic rings. The normalized spacial score (nSPS) is 13.2. The average molecular weight is 360 g/mol. The molecule has 0 fully saturated rings. The summed E-state index contributed by atoms with van der Waals surface area (Å²) in [6, 6.07) is 12.0. The van der Waals surface area contributed by atoms with Crippen LogP contribution in [0.15, 0.2) is 42.5 Å². The van der Waals surface area contributed by atoms with Gasteiger partial charge in [-0.15, -0.1) is 0 Å². The molecule has 2 aromatic carbocycles. The van der Waals surface area contributed by atoms with Gasteiger partial charge in [-0.25, -0.2) is 9.69 Å². The second kappa shape index (κ2) is 6.02. The highest BCUT2D eigenvalue weighted by Gasteiger charge is 2.40. The Kier molecular flexibility index (Phi) is 3.77. The molecule has 6 nitrogen and oxygen atoms in total. The molecule has 0 unspecified atom stereocenters. The van der Waals surface area contributed by atoms with Crippen LogP contribution in [0.3, 0.4) is 0 Å². The van der Waals surface area contributed by atoms with Crippen LogP contribution in [0.1, 0.15) is 42.3 Å². The largest absolute Gasteiger partial charge is 0.465 e. The first-order valence-electron chi connectivity index (χ1n) is 8.41. The number of aryl methyl sites for hydroxylation is 2. The summed E-state index contributed by atoms with van der Waals surface area (Å²) in [6.07, 6.45) is 0. The number of carbonyl (C=O) groups excluding carboxylic acids is 3. The van der Waals surface area contributed by atoms with Crippen molar-refractivity contribution in [2.24, 2.45) is 0 Å². The maximum absolute atomic E-state index is 13.2. The Morgan fingerprint density at radius 1 is 1.00 bits per heavy atom. The first-order chi connectivity index (χ1) is 12.9. The molecule has 3 aromatic rings. The summed E-state index contributed by atoms with van der Waals surface area (Å²) in [4.78, 5) is 43.8. The summed E-state index contributed by atoms with van der Waals surface area (Å²) in [6.45, 7) is 3.50. The molecule has 134 valence electrons. The van der Waals surface area contributed by atoms with Gasteiger partial charge in [0.1, 0.15) is 0 Å². The standard InChI is InChI=1S/C21H16N2O4/c1-11-8-9-13(21(26)27-3)10-16(11)23-19(24)17-12(2)22-15-7-5-4-6-14(15)18(17)20(23)25/h4-10H,1-3H3. The van der Waals surface area contributed by atoms with Crippen molar-refractivity contribution < 1.29 is 19.1 Å². The molecule has 4 rings (SSSR count). The number of ether oxygens (including phenoxy) is 1. The monoisotopic (exact) mass is 360 g/mol. The molecule has 2 heterocycles. The summed E-state index contributed by atoms with van der Waals surface area (Å²) in [5.41, 5.74) is 3.17. The summed E-state index contributed by atoms with van der Waals surface area (Å²) in [5.74, 6) is -1.38. The third kappa shape index (κ3) is 2.41. The van der Waals surface area contributed by atoms with E-state index in [9.17, 15) is 14.4 Å². The first kappa shape index (κ1) is 16.9. The maximum atomic E-state index is 13.2. The van der Waals surface area contributed by atoms with E-state index in [0.717, 1.165) is 4.90 Å². The molecular weight excluding hydrogens is 344 g/mol. The maximum Gasteiger partial charge on any atom is 0.337 e. The molecule has 0 aliphatic carbocycles. The number of methoxy groups -OCH3 is 1. The molecular formula is C21H16N2O4. The Bertz CT molecular complexity index is 1150. The van der Waals surface area contributed by atoms with Crippen molar-refractivity contribution in [1.82, 2.24) is 4.98 Å². The van der Waals surface area contributed by atoms with E-state index in [2.05, 4.69) is 4.98 Å². The van der Waals surface area contributed by atoms with Gasteiger partial charge in [0.15, 0.2) is 0 Å². The second-order valence-corrected chi connectivity index (χ2v) is 6.40. The Morgan fingerprint density at radius 2 is 1.70 bits per heavy atom. The van der Waals surface area contributed by atoms with Gasteiger partial charge in [0.05, 0.1) is 40.7 Å². The van der Waals surface area contributed by atoms with Gasteiger partial charge in [-0.05, 0) is 37.6 Å². The first-order valence-corrected chi connectivity index (χ1v) is 8.41. The number of hydrogen-bond donors (Lipinski definition) is 0. The Balaban J connectivity index is 1.94. The smallest absolute Gasteiger partial charge is 0.337 e. The minimum absolute atomic E-state index is 0.273. The van der Waals surface area contributed by atoms with Crippen LogP contribution >= 0.6 is 0 Å². The quantitative estimate of drug-likeness (QED) is 0.517. The number of imide groups is 1. The van der Waals surface area contributed by atoms with Gasteiger partial charge < -0.3 is 4.74 Å². The summed E-state index contributed by atoms with van der Waals surface area (Å²) < 4.78 is 4.75.